The molecule has 296 valence electrons. The third-order valence-electron chi connectivity index (χ3n) is 12.9. The van der Waals surface area contributed by atoms with Gasteiger partial charge in [-0.05, 0) is 128 Å². The lowest BCUT2D eigenvalue weighted by Gasteiger charge is -2.52. The molecule has 4 aliphatic rings. The number of halogens is 4. The molecular formula is C47H46Cl4N2O4. The summed E-state index contributed by atoms with van der Waals surface area (Å²) in [5.74, 6) is -3.70. The number of allylic oxidation sites excluding steroid dienone is 1. The van der Waals surface area contributed by atoms with Crippen molar-refractivity contribution < 1.29 is 19.5 Å². The number of benzene rings is 4. The van der Waals surface area contributed by atoms with Crippen LogP contribution in [0.25, 0.3) is 0 Å². The van der Waals surface area contributed by atoms with Crippen molar-refractivity contribution in [2.45, 2.75) is 86.7 Å². The molecule has 4 aromatic rings. The molecule has 2 saturated carbocycles. The number of hydrogen-bond acceptors (Lipinski definition) is 3. The summed E-state index contributed by atoms with van der Waals surface area (Å²) < 4.78 is 0. The molecule has 0 aromatic heterocycles. The van der Waals surface area contributed by atoms with Crippen LogP contribution in [0.1, 0.15) is 90.9 Å². The smallest absolute Gasteiger partial charge is 0.327 e. The molecule has 2 aliphatic heterocycles. The number of nitrogens with zero attached hydrogens (tertiary/aromatic N) is 1. The maximum atomic E-state index is 15.2. The first-order valence-electron chi connectivity index (χ1n) is 20.0. The van der Waals surface area contributed by atoms with E-state index in [1.54, 1.807) is 11.0 Å². The SMILES string of the molecule is C=CC[C@@H]1C[C@H](c2cccc(Cl)c2)[C@@H](C(c2ccc(Cl)cc2)C2CC2)N(C(C(=O)O)[C@@H]2C[C@H](c3cccc(Cl)c3)[C@@H](C(c3ccc(Cl)cc3)C3CC3)NC2=O)C1=O. The lowest BCUT2D eigenvalue weighted by molar-refractivity contribution is -0.165. The summed E-state index contributed by atoms with van der Waals surface area (Å²) in [5.41, 5.74) is 3.91. The highest BCUT2D eigenvalue weighted by atomic mass is 35.5. The molecule has 2 N–H and O–H groups in total. The van der Waals surface area contributed by atoms with Crippen LogP contribution in [0.2, 0.25) is 20.1 Å². The number of carboxylic acids is 1. The number of amides is 2. The Morgan fingerprint density at radius 1 is 0.737 bits per heavy atom. The summed E-state index contributed by atoms with van der Waals surface area (Å²) in [7, 11) is 0. The predicted molar refractivity (Wildman–Crippen MR) is 227 cm³/mol. The topological polar surface area (TPSA) is 86.7 Å². The summed E-state index contributed by atoms with van der Waals surface area (Å²) in [6.07, 6.45) is 6.73. The van der Waals surface area contributed by atoms with Crippen molar-refractivity contribution in [2.75, 3.05) is 0 Å². The summed E-state index contributed by atoms with van der Waals surface area (Å²) in [5, 5.41) is 17.2. The van der Waals surface area contributed by atoms with Crippen LogP contribution in [0.3, 0.4) is 0 Å². The molecule has 9 atom stereocenters. The third-order valence-corrected chi connectivity index (χ3v) is 13.9. The lowest BCUT2D eigenvalue weighted by Crippen LogP contribution is -2.65. The number of hydrogen-bond donors (Lipinski definition) is 2. The van der Waals surface area contributed by atoms with Crippen molar-refractivity contribution in [3.63, 3.8) is 0 Å². The van der Waals surface area contributed by atoms with Crippen LogP contribution in [-0.2, 0) is 14.4 Å². The average Bonchev–Trinajstić information content (AvgIpc) is 4.13. The maximum Gasteiger partial charge on any atom is 0.327 e. The van der Waals surface area contributed by atoms with Crippen LogP contribution in [0.4, 0.5) is 0 Å². The zero-order valence-corrected chi connectivity index (χ0v) is 34.5. The summed E-state index contributed by atoms with van der Waals surface area (Å²) >= 11 is 26.0. The van der Waals surface area contributed by atoms with Crippen LogP contribution in [0.15, 0.2) is 110 Å². The fourth-order valence-corrected chi connectivity index (χ4v) is 10.8. The van der Waals surface area contributed by atoms with E-state index in [0.717, 1.165) is 47.9 Å². The molecule has 6 nitrogen and oxygen atoms in total. The van der Waals surface area contributed by atoms with Crippen LogP contribution >= 0.6 is 46.4 Å². The van der Waals surface area contributed by atoms with Gasteiger partial charge in [-0.25, -0.2) is 4.79 Å². The first-order chi connectivity index (χ1) is 27.5. The Morgan fingerprint density at radius 3 is 1.77 bits per heavy atom. The zero-order valence-electron chi connectivity index (χ0n) is 31.5. The van der Waals surface area contributed by atoms with Crippen molar-refractivity contribution in [3.8, 4) is 0 Å². The summed E-state index contributed by atoms with van der Waals surface area (Å²) in [6, 6.07) is 28.4. The Kier molecular flexibility index (Phi) is 11.8. The fourth-order valence-electron chi connectivity index (χ4n) is 10.2. The van der Waals surface area contributed by atoms with Crippen molar-refractivity contribution in [3.05, 3.63) is 152 Å². The Labute approximate surface area is 354 Å². The van der Waals surface area contributed by atoms with Gasteiger partial charge in [0.05, 0.1) is 5.92 Å². The third kappa shape index (κ3) is 8.39. The lowest BCUT2D eigenvalue weighted by atomic mass is 9.67. The molecule has 2 saturated heterocycles. The van der Waals surface area contributed by atoms with E-state index < -0.39 is 29.9 Å². The van der Waals surface area contributed by atoms with Gasteiger partial charge in [0.2, 0.25) is 11.8 Å². The highest BCUT2D eigenvalue weighted by Gasteiger charge is 2.57. The van der Waals surface area contributed by atoms with E-state index in [-0.39, 0.29) is 53.9 Å². The number of carbonyl (C=O) groups excluding carboxylic acids is 2. The van der Waals surface area contributed by atoms with Gasteiger partial charge in [-0.3, -0.25) is 9.59 Å². The molecule has 0 radical (unpaired) electrons. The van der Waals surface area contributed by atoms with Gasteiger partial charge >= 0.3 is 5.97 Å². The minimum Gasteiger partial charge on any atom is -0.480 e. The molecule has 2 heterocycles. The number of carboxylic acid groups (broad SMARTS) is 1. The first-order valence-corrected chi connectivity index (χ1v) is 21.5. The molecule has 2 amide bonds. The van der Waals surface area contributed by atoms with Crippen molar-refractivity contribution in [2.24, 2.45) is 23.7 Å². The van der Waals surface area contributed by atoms with Crippen LogP contribution < -0.4 is 5.32 Å². The van der Waals surface area contributed by atoms with Gasteiger partial charge in [-0.2, -0.15) is 0 Å². The molecule has 0 spiro atoms. The Balaban J connectivity index is 1.27. The highest BCUT2D eigenvalue weighted by Crippen LogP contribution is 2.55. The van der Waals surface area contributed by atoms with Crippen molar-refractivity contribution >= 4 is 64.2 Å². The number of nitrogens with one attached hydrogen (secondary N) is 1. The van der Waals surface area contributed by atoms with Crippen LogP contribution in [0, 0.1) is 23.7 Å². The van der Waals surface area contributed by atoms with E-state index >= 15 is 4.79 Å². The van der Waals surface area contributed by atoms with Gasteiger partial charge in [0.1, 0.15) is 6.04 Å². The molecule has 10 heteroatoms. The van der Waals surface area contributed by atoms with Gasteiger partial charge < -0.3 is 15.3 Å². The normalized spacial score (nSPS) is 26.6. The largest absolute Gasteiger partial charge is 0.480 e. The quantitative estimate of drug-likeness (QED) is 0.131. The molecule has 4 aromatic carbocycles. The van der Waals surface area contributed by atoms with E-state index in [9.17, 15) is 14.7 Å². The number of piperidine rings is 2. The minimum atomic E-state index is -1.46. The van der Waals surface area contributed by atoms with E-state index in [0.29, 0.717) is 38.9 Å². The molecule has 4 fully saturated rings. The van der Waals surface area contributed by atoms with Gasteiger partial charge in [-0.1, -0.05) is 101 Å². The molecule has 3 unspecified atom stereocenters. The first kappa shape index (κ1) is 40.0. The van der Waals surface area contributed by atoms with Crippen molar-refractivity contribution in [1.29, 1.82) is 0 Å². The number of likely N-dealkylation sites (tertiary alicyclic amines) is 1. The summed E-state index contributed by atoms with van der Waals surface area (Å²) in [4.78, 5) is 45.8. The van der Waals surface area contributed by atoms with E-state index in [2.05, 4.69) is 11.9 Å². The molecule has 0 bridgehead atoms. The zero-order chi connectivity index (χ0) is 40.0. The highest BCUT2D eigenvalue weighted by molar-refractivity contribution is 6.31. The average molecular weight is 845 g/mol. The maximum absolute atomic E-state index is 15.2. The fraction of sp³-hybridized carbons (Fsp3) is 0.383. The number of rotatable bonds is 13. The minimum absolute atomic E-state index is 0.0304. The molecular weight excluding hydrogens is 798 g/mol. The van der Waals surface area contributed by atoms with E-state index in [1.165, 1.54) is 0 Å². The van der Waals surface area contributed by atoms with Gasteiger partial charge in [-0.15, -0.1) is 6.58 Å². The van der Waals surface area contributed by atoms with E-state index in [4.69, 9.17) is 46.4 Å². The van der Waals surface area contributed by atoms with Crippen LogP contribution in [-0.4, -0.2) is 45.9 Å². The second kappa shape index (κ2) is 16.8. The Hall–Kier alpha value is -3.81. The van der Waals surface area contributed by atoms with Gasteiger partial charge in [0, 0.05) is 61.8 Å². The monoisotopic (exact) mass is 842 g/mol. The standard InChI is InChI=1S/C47H46Cl4N2O4/c1-2-5-32-24-38(31-7-4-9-36(51)23-31)43(41(28-12-13-28)29-16-20-34(49)21-17-29)53(46(32)55)44(47(56)57)39-25-37(30-6-3-8-35(50)22-30)42(52-45(39)54)40(26-10-11-26)27-14-18-33(48)19-15-27/h2-4,6-9,14-23,26,28,32,37-44H,1,5,10-13,24-25H2,(H,52,54)(H,56,57)/t32-,37-,38-,39+,40?,41?,42+,43+,44?/m1/s1. The molecule has 2 aliphatic carbocycles. The van der Waals surface area contributed by atoms with E-state index in [1.807, 2.05) is 97.1 Å². The van der Waals surface area contributed by atoms with Crippen molar-refractivity contribution in [1.82, 2.24) is 10.2 Å². The molecule has 8 rings (SSSR count). The Bertz CT molecular complexity index is 2140. The second-order valence-electron chi connectivity index (χ2n) is 16.5. The number of aliphatic carboxylic acids is 1. The summed E-state index contributed by atoms with van der Waals surface area (Å²) in [6.45, 7) is 3.98. The Morgan fingerprint density at radius 2 is 1.26 bits per heavy atom. The van der Waals surface area contributed by atoms with Crippen LogP contribution in [0.5, 0.6) is 0 Å². The van der Waals surface area contributed by atoms with Gasteiger partial charge in [0.15, 0.2) is 0 Å². The second-order valence-corrected chi connectivity index (χ2v) is 18.3. The van der Waals surface area contributed by atoms with Gasteiger partial charge in [0.25, 0.3) is 0 Å². The number of carbonyl (C=O) groups is 3. The predicted octanol–water partition coefficient (Wildman–Crippen LogP) is 11.3. The molecule has 57 heavy (non-hydrogen) atoms.